The Bertz CT molecular complexity index is 1340. The summed E-state index contributed by atoms with van der Waals surface area (Å²) >= 11 is 1.04. The van der Waals surface area contributed by atoms with E-state index in [1.807, 2.05) is 24.3 Å². The summed E-state index contributed by atoms with van der Waals surface area (Å²) in [5.74, 6) is -1.53. The number of hydrogen-bond acceptors (Lipinski definition) is 3. The molecule has 0 bridgehead atoms. The zero-order valence-electron chi connectivity index (χ0n) is 15.5. The topological polar surface area (TPSA) is 43.6 Å². The van der Waals surface area contributed by atoms with Crippen LogP contribution < -0.4 is 9.54 Å². The van der Waals surface area contributed by atoms with Crippen LogP contribution in [0.15, 0.2) is 66.2 Å². The third kappa shape index (κ3) is 3.45. The van der Waals surface area contributed by atoms with Crippen molar-refractivity contribution >= 4 is 38.2 Å². The molecule has 1 heterocycles. The van der Waals surface area contributed by atoms with Gasteiger partial charge in [-0.1, -0.05) is 41.7 Å². The molecule has 1 amide bonds. The molecule has 0 fully saturated rings. The molecule has 0 unspecified atom stereocenters. The molecule has 0 aliphatic heterocycles. The van der Waals surface area contributed by atoms with E-state index in [4.69, 9.17) is 4.74 Å². The van der Waals surface area contributed by atoms with Crippen LogP contribution in [-0.2, 0) is 6.54 Å². The number of carbonyl (C=O) groups excluding carboxylic acids is 1. The van der Waals surface area contributed by atoms with Crippen LogP contribution in [0.25, 0.3) is 21.0 Å². The molecule has 7 heteroatoms. The van der Waals surface area contributed by atoms with Gasteiger partial charge in [-0.05, 0) is 29.0 Å². The molecule has 0 radical (unpaired) electrons. The minimum Gasteiger partial charge on any atom is -0.496 e. The van der Waals surface area contributed by atoms with E-state index in [0.717, 1.165) is 28.2 Å². The lowest BCUT2D eigenvalue weighted by molar-refractivity contribution is 0.0995. The number of rotatable bonds is 4. The maximum Gasteiger partial charge on any atom is 0.283 e. The second kappa shape index (κ2) is 7.60. The van der Waals surface area contributed by atoms with E-state index in [2.05, 4.69) is 11.6 Å². The number of benzene rings is 3. The van der Waals surface area contributed by atoms with Crippen LogP contribution in [0, 0.1) is 11.6 Å². The maximum absolute atomic E-state index is 14.4. The summed E-state index contributed by atoms with van der Waals surface area (Å²) in [5, 5.41) is 1.80. The Morgan fingerprint density at radius 2 is 1.93 bits per heavy atom. The lowest BCUT2D eigenvalue weighted by Gasteiger charge is -2.08. The van der Waals surface area contributed by atoms with Crippen molar-refractivity contribution in [2.24, 2.45) is 4.99 Å². The zero-order valence-corrected chi connectivity index (χ0v) is 16.3. The number of ether oxygens (including phenoxy) is 1. The van der Waals surface area contributed by atoms with Gasteiger partial charge in [-0.25, -0.2) is 8.78 Å². The van der Waals surface area contributed by atoms with Crippen molar-refractivity contribution in [2.75, 3.05) is 7.11 Å². The highest BCUT2D eigenvalue weighted by atomic mass is 32.1. The van der Waals surface area contributed by atoms with Crippen LogP contribution in [0.3, 0.4) is 0 Å². The molecule has 3 aromatic carbocycles. The molecular formula is C22H16F2N2O2S. The largest absolute Gasteiger partial charge is 0.496 e. The van der Waals surface area contributed by atoms with Gasteiger partial charge in [0, 0.05) is 12.6 Å². The number of carbonyl (C=O) groups is 1. The first kappa shape index (κ1) is 19.0. The van der Waals surface area contributed by atoms with Crippen molar-refractivity contribution < 1.29 is 18.3 Å². The number of aromatic nitrogens is 1. The molecule has 4 rings (SSSR count). The van der Waals surface area contributed by atoms with Gasteiger partial charge in [0.25, 0.3) is 5.91 Å². The predicted molar refractivity (Wildman–Crippen MR) is 110 cm³/mol. The molecular weight excluding hydrogens is 394 g/mol. The monoisotopic (exact) mass is 410 g/mol. The van der Waals surface area contributed by atoms with E-state index >= 15 is 0 Å². The number of nitrogens with zero attached hydrogens (tertiary/aromatic N) is 2. The molecule has 4 nitrogen and oxygen atoms in total. The summed E-state index contributed by atoms with van der Waals surface area (Å²) in [4.78, 5) is 17.4. The summed E-state index contributed by atoms with van der Waals surface area (Å²) in [6, 6.07) is 13.1. The number of allylic oxidation sites excluding steroid dienone is 1. The van der Waals surface area contributed by atoms with Gasteiger partial charge in [0.2, 0.25) is 0 Å². The number of hydrogen-bond donors (Lipinski definition) is 0. The standard InChI is InChI=1S/C22H16F2N2O2S/c1-3-8-26-20-17(24)11-15(23)12-19(20)29-22(26)25-21(27)16-9-13-6-4-5-7-14(13)10-18(16)28-2/h3-7,9-12H,1,8H2,2H3. The minimum absolute atomic E-state index is 0.188. The van der Waals surface area contributed by atoms with Crippen LogP contribution in [0.4, 0.5) is 8.78 Å². The number of thiazole rings is 1. The van der Waals surface area contributed by atoms with Gasteiger partial charge in [0.1, 0.15) is 11.6 Å². The van der Waals surface area contributed by atoms with Crippen molar-refractivity contribution in [3.05, 3.63) is 83.2 Å². The fourth-order valence-electron chi connectivity index (χ4n) is 3.22. The zero-order chi connectivity index (χ0) is 20.5. The van der Waals surface area contributed by atoms with Crippen molar-refractivity contribution in [2.45, 2.75) is 6.54 Å². The number of fused-ring (bicyclic) bond motifs is 2. The first-order valence-corrected chi connectivity index (χ1v) is 9.58. The van der Waals surface area contributed by atoms with Crippen molar-refractivity contribution in [1.82, 2.24) is 4.57 Å². The first-order valence-electron chi connectivity index (χ1n) is 8.77. The fourth-order valence-corrected chi connectivity index (χ4v) is 4.29. The van der Waals surface area contributed by atoms with Crippen molar-refractivity contribution in [1.29, 1.82) is 0 Å². The Morgan fingerprint density at radius 1 is 1.21 bits per heavy atom. The lowest BCUT2D eigenvalue weighted by atomic mass is 10.1. The van der Waals surface area contributed by atoms with E-state index in [-0.39, 0.29) is 16.9 Å². The Hall–Kier alpha value is -3.32. The smallest absolute Gasteiger partial charge is 0.283 e. The summed E-state index contributed by atoms with van der Waals surface area (Å²) in [6.45, 7) is 3.90. The van der Waals surface area contributed by atoms with Gasteiger partial charge in [0.05, 0.1) is 22.9 Å². The van der Waals surface area contributed by atoms with Gasteiger partial charge in [-0.15, -0.1) is 6.58 Å². The summed E-state index contributed by atoms with van der Waals surface area (Å²) in [7, 11) is 1.48. The van der Waals surface area contributed by atoms with E-state index in [1.54, 1.807) is 18.2 Å². The molecule has 0 spiro atoms. The van der Waals surface area contributed by atoms with Crippen molar-refractivity contribution in [3.8, 4) is 5.75 Å². The fraction of sp³-hybridized carbons (Fsp3) is 0.0909. The number of halogens is 2. The average Bonchev–Trinajstić information content (AvgIpc) is 3.04. The van der Waals surface area contributed by atoms with E-state index in [0.29, 0.717) is 16.0 Å². The highest BCUT2D eigenvalue weighted by molar-refractivity contribution is 7.16. The SMILES string of the molecule is C=CCn1c(=NC(=O)c2cc3ccccc3cc2OC)sc2cc(F)cc(F)c21. The Kier molecular flexibility index (Phi) is 4.98. The Labute approximate surface area is 169 Å². The van der Waals surface area contributed by atoms with Crippen LogP contribution in [0.1, 0.15) is 10.4 Å². The molecule has 29 heavy (non-hydrogen) atoms. The normalized spacial score (nSPS) is 11.9. The molecule has 146 valence electrons. The van der Waals surface area contributed by atoms with Gasteiger partial charge in [-0.3, -0.25) is 4.79 Å². The third-order valence-corrected chi connectivity index (χ3v) is 5.53. The Balaban J connectivity index is 1.92. The van der Waals surface area contributed by atoms with E-state index < -0.39 is 17.5 Å². The van der Waals surface area contributed by atoms with Crippen LogP contribution in [0.5, 0.6) is 5.75 Å². The molecule has 0 N–H and O–H groups in total. The van der Waals surface area contributed by atoms with Crippen LogP contribution >= 0.6 is 11.3 Å². The average molecular weight is 410 g/mol. The number of amides is 1. The molecule has 0 aliphatic carbocycles. The molecule has 4 aromatic rings. The van der Waals surface area contributed by atoms with Gasteiger partial charge in [-0.2, -0.15) is 4.99 Å². The quantitative estimate of drug-likeness (QED) is 0.441. The summed E-state index contributed by atoms with van der Waals surface area (Å²) < 4.78 is 35.2. The third-order valence-electron chi connectivity index (χ3n) is 4.50. The van der Waals surface area contributed by atoms with Gasteiger partial charge in [0.15, 0.2) is 10.6 Å². The van der Waals surface area contributed by atoms with E-state index in [9.17, 15) is 13.6 Å². The predicted octanol–water partition coefficient (Wildman–Crippen LogP) is 5.07. The molecule has 1 aromatic heterocycles. The van der Waals surface area contributed by atoms with E-state index in [1.165, 1.54) is 17.7 Å². The van der Waals surface area contributed by atoms with Crippen LogP contribution in [0.2, 0.25) is 0 Å². The second-order valence-electron chi connectivity index (χ2n) is 6.33. The first-order chi connectivity index (χ1) is 14.0. The van der Waals surface area contributed by atoms with Gasteiger partial charge < -0.3 is 9.30 Å². The van der Waals surface area contributed by atoms with Crippen LogP contribution in [-0.4, -0.2) is 17.6 Å². The second-order valence-corrected chi connectivity index (χ2v) is 7.34. The highest BCUT2D eigenvalue weighted by Crippen LogP contribution is 2.27. The van der Waals surface area contributed by atoms with Crippen molar-refractivity contribution in [3.63, 3.8) is 0 Å². The maximum atomic E-state index is 14.4. The highest BCUT2D eigenvalue weighted by Gasteiger charge is 2.16. The summed E-state index contributed by atoms with van der Waals surface area (Å²) in [5.41, 5.74) is 0.480. The Morgan fingerprint density at radius 3 is 2.62 bits per heavy atom. The minimum atomic E-state index is -0.713. The molecule has 0 aliphatic rings. The number of methoxy groups -OCH3 is 1. The van der Waals surface area contributed by atoms with Gasteiger partial charge >= 0.3 is 0 Å². The lowest BCUT2D eigenvalue weighted by Crippen LogP contribution is -2.17. The molecule has 0 atom stereocenters. The molecule has 0 saturated heterocycles. The summed E-state index contributed by atoms with van der Waals surface area (Å²) in [6.07, 6.45) is 1.56. The molecule has 0 saturated carbocycles.